The van der Waals surface area contributed by atoms with E-state index >= 15 is 0 Å². The highest BCUT2D eigenvalue weighted by atomic mass is 32.1. The monoisotopic (exact) mass is 404 g/mol. The summed E-state index contributed by atoms with van der Waals surface area (Å²) in [5.41, 5.74) is 2.82. The van der Waals surface area contributed by atoms with Crippen LogP contribution in [0.15, 0.2) is 0 Å². The third kappa shape index (κ3) is 4.06. The largest absolute Gasteiger partial charge is 0.451 e. The number of hydrogen-bond donors (Lipinski definition) is 2. The summed E-state index contributed by atoms with van der Waals surface area (Å²) < 4.78 is 5.40. The van der Waals surface area contributed by atoms with Crippen molar-refractivity contribution in [1.29, 1.82) is 0 Å². The van der Waals surface area contributed by atoms with Crippen LogP contribution in [0.2, 0.25) is 0 Å². The third-order valence-electron chi connectivity index (χ3n) is 4.57. The zero-order chi connectivity index (χ0) is 21.3. The summed E-state index contributed by atoms with van der Waals surface area (Å²) in [7, 11) is 0. The third-order valence-corrected chi connectivity index (χ3v) is 5.69. The second kappa shape index (κ2) is 8.10. The number of anilines is 1. The normalized spacial score (nSPS) is 11.8. The minimum Gasteiger partial charge on any atom is -0.451 e. The molecule has 0 radical (unpaired) electrons. The molecule has 2 heterocycles. The Labute approximate surface area is 167 Å². The Kier molecular flexibility index (Phi) is 6.23. The first-order valence-electron chi connectivity index (χ1n) is 8.78. The van der Waals surface area contributed by atoms with Crippen molar-refractivity contribution in [3.05, 3.63) is 38.5 Å². The van der Waals surface area contributed by atoms with Crippen LogP contribution < -0.4 is 5.32 Å². The number of H-pyrrole nitrogens is 1. The zero-order valence-corrected chi connectivity index (χ0v) is 17.8. The van der Waals surface area contributed by atoms with Crippen LogP contribution in [-0.2, 0) is 9.53 Å². The molecule has 0 unspecified atom stereocenters. The predicted molar refractivity (Wildman–Crippen MR) is 108 cm³/mol. The number of Topliss-reactive ketones (excluding diaryl/α,β-unsaturated/α-hetero) is 2. The van der Waals surface area contributed by atoms with Gasteiger partial charge in [0.05, 0.1) is 11.3 Å². The molecule has 0 aromatic carbocycles. The van der Waals surface area contributed by atoms with Crippen LogP contribution in [0.4, 0.5) is 5.00 Å². The standard InChI is InChI=1S/C20H24N2O5S/c1-8-13(6)28-19(22-14(7)24)16(8)20(26)27-12(5)18(25)17-9(2)15(11(4)23)10(3)21-17/h12,21H,1-7H3,(H,22,24)/t12-/m0/s1. The number of thiophene rings is 1. The lowest BCUT2D eigenvalue weighted by molar-refractivity contribution is -0.114. The van der Waals surface area contributed by atoms with E-state index in [0.717, 1.165) is 4.88 Å². The van der Waals surface area contributed by atoms with Crippen molar-refractivity contribution in [3.8, 4) is 0 Å². The molecule has 0 fully saturated rings. The molecule has 28 heavy (non-hydrogen) atoms. The minimum atomic E-state index is -1.06. The lowest BCUT2D eigenvalue weighted by atomic mass is 10.0. The maximum atomic E-state index is 12.8. The van der Waals surface area contributed by atoms with E-state index in [4.69, 9.17) is 4.74 Å². The van der Waals surface area contributed by atoms with Gasteiger partial charge in [0, 0.05) is 23.1 Å². The predicted octanol–water partition coefficient (Wildman–Crippen LogP) is 3.90. The summed E-state index contributed by atoms with van der Waals surface area (Å²) in [6.07, 6.45) is -1.06. The SMILES string of the molecule is CC(=O)Nc1sc(C)c(C)c1C(=O)O[C@@H](C)C(=O)c1[nH]c(C)c(C(C)=O)c1C. The Morgan fingerprint density at radius 1 is 1.00 bits per heavy atom. The highest BCUT2D eigenvalue weighted by Crippen LogP contribution is 2.33. The van der Waals surface area contributed by atoms with E-state index < -0.39 is 17.9 Å². The molecule has 2 aromatic heterocycles. The van der Waals surface area contributed by atoms with Gasteiger partial charge in [0.2, 0.25) is 11.7 Å². The minimum absolute atomic E-state index is 0.140. The van der Waals surface area contributed by atoms with Crippen molar-refractivity contribution in [2.75, 3.05) is 5.32 Å². The molecule has 0 bridgehead atoms. The molecule has 2 aromatic rings. The van der Waals surface area contributed by atoms with Crippen LogP contribution in [0.1, 0.15) is 73.7 Å². The lowest BCUT2D eigenvalue weighted by Crippen LogP contribution is -2.26. The molecule has 2 N–H and O–H groups in total. The number of ether oxygens (including phenoxy) is 1. The Hall–Kier alpha value is -2.74. The van der Waals surface area contributed by atoms with Crippen molar-refractivity contribution in [2.24, 2.45) is 0 Å². The lowest BCUT2D eigenvalue weighted by Gasteiger charge is -2.13. The Bertz CT molecular complexity index is 983. The van der Waals surface area contributed by atoms with Gasteiger partial charge in [0.25, 0.3) is 0 Å². The van der Waals surface area contributed by atoms with Gasteiger partial charge in [0.15, 0.2) is 11.9 Å². The van der Waals surface area contributed by atoms with Gasteiger partial charge in [-0.15, -0.1) is 11.3 Å². The van der Waals surface area contributed by atoms with Crippen molar-refractivity contribution < 1.29 is 23.9 Å². The van der Waals surface area contributed by atoms with Gasteiger partial charge in [-0.2, -0.15) is 0 Å². The topological polar surface area (TPSA) is 105 Å². The van der Waals surface area contributed by atoms with Gasteiger partial charge >= 0.3 is 5.97 Å². The maximum Gasteiger partial charge on any atom is 0.342 e. The van der Waals surface area contributed by atoms with Gasteiger partial charge in [-0.05, 0) is 52.7 Å². The van der Waals surface area contributed by atoms with Gasteiger partial charge in [-0.1, -0.05) is 0 Å². The molecule has 0 aliphatic rings. The van der Waals surface area contributed by atoms with Crippen molar-refractivity contribution >= 4 is 39.8 Å². The molecule has 8 heteroatoms. The van der Waals surface area contributed by atoms with Gasteiger partial charge < -0.3 is 15.0 Å². The summed E-state index contributed by atoms with van der Waals surface area (Å²) in [6.45, 7) is 11.3. The number of rotatable bonds is 6. The number of carbonyl (C=O) groups excluding carboxylic acids is 4. The number of aromatic nitrogens is 1. The smallest absolute Gasteiger partial charge is 0.342 e. The number of hydrogen-bond acceptors (Lipinski definition) is 6. The summed E-state index contributed by atoms with van der Waals surface area (Å²) in [5.74, 6) is -1.54. The summed E-state index contributed by atoms with van der Waals surface area (Å²) in [5, 5.41) is 3.03. The number of ketones is 2. The number of carbonyl (C=O) groups is 4. The highest BCUT2D eigenvalue weighted by Gasteiger charge is 2.29. The number of esters is 1. The fourth-order valence-corrected chi connectivity index (χ4v) is 4.22. The molecule has 7 nitrogen and oxygen atoms in total. The first-order valence-corrected chi connectivity index (χ1v) is 9.60. The van der Waals surface area contributed by atoms with E-state index in [1.165, 1.54) is 32.1 Å². The fourth-order valence-electron chi connectivity index (χ4n) is 3.12. The molecular weight excluding hydrogens is 380 g/mol. The maximum absolute atomic E-state index is 12.8. The Morgan fingerprint density at radius 2 is 1.61 bits per heavy atom. The van der Waals surface area contributed by atoms with Crippen LogP contribution >= 0.6 is 11.3 Å². The highest BCUT2D eigenvalue weighted by molar-refractivity contribution is 7.16. The number of nitrogens with one attached hydrogen (secondary N) is 2. The molecule has 0 aliphatic heterocycles. The first-order chi connectivity index (χ1) is 13.0. The average Bonchev–Trinajstić information content (AvgIpc) is 3.01. The van der Waals surface area contributed by atoms with Crippen LogP contribution in [0.25, 0.3) is 0 Å². The van der Waals surface area contributed by atoms with Crippen molar-refractivity contribution in [3.63, 3.8) is 0 Å². The molecule has 0 saturated carbocycles. The summed E-state index contributed by atoms with van der Waals surface area (Å²) in [4.78, 5) is 52.5. The molecule has 0 saturated heterocycles. The van der Waals surface area contributed by atoms with Crippen LogP contribution in [-0.4, -0.2) is 34.5 Å². The second-order valence-corrected chi connectivity index (χ2v) is 7.99. The molecule has 0 aliphatic carbocycles. The van der Waals surface area contributed by atoms with Gasteiger partial charge in [0.1, 0.15) is 5.00 Å². The number of amides is 1. The van der Waals surface area contributed by atoms with Crippen molar-refractivity contribution in [1.82, 2.24) is 4.98 Å². The number of aryl methyl sites for hydroxylation is 2. The van der Waals surface area contributed by atoms with Crippen LogP contribution in [0, 0.1) is 27.7 Å². The summed E-state index contributed by atoms with van der Waals surface area (Å²) in [6, 6.07) is 0. The molecule has 2 rings (SSSR count). The van der Waals surface area contributed by atoms with E-state index in [9.17, 15) is 19.2 Å². The molecule has 1 amide bonds. The van der Waals surface area contributed by atoms with Gasteiger partial charge in [-0.25, -0.2) is 4.79 Å². The van der Waals surface area contributed by atoms with Crippen LogP contribution in [0.3, 0.4) is 0 Å². The Morgan fingerprint density at radius 3 is 2.11 bits per heavy atom. The second-order valence-electron chi connectivity index (χ2n) is 6.76. The van der Waals surface area contributed by atoms with Crippen molar-refractivity contribution in [2.45, 2.75) is 54.6 Å². The van der Waals surface area contributed by atoms with E-state index in [0.29, 0.717) is 27.4 Å². The van der Waals surface area contributed by atoms with E-state index in [-0.39, 0.29) is 22.9 Å². The fraction of sp³-hybridized carbons (Fsp3) is 0.400. The summed E-state index contributed by atoms with van der Waals surface area (Å²) >= 11 is 1.28. The Balaban J connectivity index is 2.29. The van der Waals surface area contributed by atoms with Crippen LogP contribution in [0.5, 0.6) is 0 Å². The number of aromatic amines is 1. The average molecular weight is 404 g/mol. The molecule has 0 spiro atoms. The quantitative estimate of drug-likeness (QED) is 0.561. The molecular formula is C20H24N2O5S. The van der Waals surface area contributed by atoms with E-state index in [1.807, 2.05) is 6.92 Å². The van der Waals surface area contributed by atoms with E-state index in [2.05, 4.69) is 10.3 Å². The molecule has 150 valence electrons. The van der Waals surface area contributed by atoms with Gasteiger partial charge in [-0.3, -0.25) is 14.4 Å². The molecule has 1 atom stereocenters. The van der Waals surface area contributed by atoms with E-state index in [1.54, 1.807) is 20.8 Å². The zero-order valence-electron chi connectivity index (χ0n) is 17.0. The first kappa shape index (κ1) is 21.6.